The highest BCUT2D eigenvalue weighted by molar-refractivity contribution is 9.10. The molecule has 0 radical (unpaired) electrons. The molecule has 0 aliphatic heterocycles. The minimum atomic E-state index is -0.647. The molecule has 1 aromatic rings. The number of carbonyl (C=O) groups excluding carboxylic acids is 1. The van der Waals surface area contributed by atoms with E-state index in [9.17, 15) is 4.79 Å². The number of amides is 1. The van der Waals surface area contributed by atoms with E-state index in [0.717, 1.165) is 15.6 Å². The van der Waals surface area contributed by atoms with Gasteiger partial charge in [-0.1, -0.05) is 15.9 Å². The molecule has 1 atom stereocenters. The van der Waals surface area contributed by atoms with Gasteiger partial charge in [-0.05, 0) is 50.1 Å². The second kappa shape index (κ2) is 6.02. The Morgan fingerprint density at radius 1 is 1.53 bits per heavy atom. The maximum absolute atomic E-state index is 11.0. The fourth-order valence-electron chi connectivity index (χ4n) is 1.54. The number of nitrogens with two attached hydrogens (primary N) is 2. The quantitative estimate of drug-likeness (QED) is 0.865. The van der Waals surface area contributed by atoms with Crippen LogP contribution in [0.25, 0.3) is 0 Å². The average Bonchev–Trinajstić information content (AvgIpc) is 2.23. The second-order valence-electron chi connectivity index (χ2n) is 3.91. The highest BCUT2D eigenvalue weighted by atomic mass is 79.9. The van der Waals surface area contributed by atoms with Gasteiger partial charge >= 0.3 is 0 Å². The summed E-state index contributed by atoms with van der Waals surface area (Å²) in [6.07, 6.45) is 0.0487. The monoisotopic (exact) mass is 300 g/mol. The number of carbonyl (C=O) groups is 1. The summed E-state index contributed by atoms with van der Waals surface area (Å²) >= 11 is 3.42. The number of primary amides is 1. The molecule has 17 heavy (non-hydrogen) atoms. The molecule has 1 aromatic carbocycles. The van der Waals surface area contributed by atoms with Gasteiger partial charge in [0.05, 0.1) is 0 Å². The molecule has 0 bridgehead atoms. The Kier molecular flexibility index (Phi) is 4.96. The van der Waals surface area contributed by atoms with E-state index < -0.39 is 12.0 Å². The van der Waals surface area contributed by atoms with Crippen LogP contribution in [-0.2, 0) is 11.2 Å². The summed E-state index contributed by atoms with van der Waals surface area (Å²) in [5.41, 5.74) is 12.7. The first kappa shape index (κ1) is 14.0. The fourth-order valence-corrected chi connectivity index (χ4v) is 2.16. The lowest BCUT2D eigenvalue weighted by Crippen LogP contribution is -2.31. The lowest BCUT2D eigenvalue weighted by Gasteiger charge is -2.17. The standard InChI is InChI=1S/C12H17BrN2O2/c1-7-5-10(13)6-9(3-4-14)11(7)17-8(2)12(15)16/h5-6,8H,3-4,14H2,1-2H3,(H2,15,16). The summed E-state index contributed by atoms with van der Waals surface area (Å²) in [4.78, 5) is 11.0. The lowest BCUT2D eigenvalue weighted by molar-refractivity contribution is -0.124. The van der Waals surface area contributed by atoms with E-state index in [2.05, 4.69) is 15.9 Å². The first-order valence-corrected chi connectivity index (χ1v) is 6.20. The van der Waals surface area contributed by atoms with Gasteiger partial charge in [-0.3, -0.25) is 4.79 Å². The molecule has 0 saturated carbocycles. The minimum Gasteiger partial charge on any atom is -0.480 e. The third-order valence-corrected chi connectivity index (χ3v) is 2.88. The van der Waals surface area contributed by atoms with Crippen LogP contribution in [0.15, 0.2) is 16.6 Å². The van der Waals surface area contributed by atoms with Crippen molar-refractivity contribution in [1.29, 1.82) is 0 Å². The van der Waals surface area contributed by atoms with Gasteiger partial charge < -0.3 is 16.2 Å². The van der Waals surface area contributed by atoms with Crippen molar-refractivity contribution in [2.45, 2.75) is 26.4 Å². The third kappa shape index (κ3) is 3.71. The number of halogens is 1. The zero-order chi connectivity index (χ0) is 13.0. The van der Waals surface area contributed by atoms with Crippen molar-refractivity contribution in [3.63, 3.8) is 0 Å². The number of benzene rings is 1. The van der Waals surface area contributed by atoms with Crippen LogP contribution in [0, 0.1) is 6.92 Å². The number of ether oxygens (including phenoxy) is 1. The van der Waals surface area contributed by atoms with Crippen LogP contribution in [-0.4, -0.2) is 18.6 Å². The van der Waals surface area contributed by atoms with Crippen LogP contribution in [0.5, 0.6) is 5.75 Å². The molecule has 0 aromatic heterocycles. The molecule has 4 N–H and O–H groups in total. The van der Waals surface area contributed by atoms with Crippen molar-refractivity contribution in [3.8, 4) is 5.75 Å². The summed E-state index contributed by atoms with van der Waals surface area (Å²) in [6.45, 7) is 4.08. The number of hydrogen-bond donors (Lipinski definition) is 2. The summed E-state index contributed by atoms with van der Waals surface area (Å²) in [7, 11) is 0. The maximum atomic E-state index is 11.0. The SMILES string of the molecule is Cc1cc(Br)cc(CCN)c1OC(C)C(N)=O. The first-order chi connectivity index (χ1) is 7.95. The van der Waals surface area contributed by atoms with E-state index >= 15 is 0 Å². The third-order valence-electron chi connectivity index (χ3n) is 2.43. The molecule has 1 amide bonds. The van der Waals surface area contributed by atoms with E-state index in [4.69, 9.17) is 16.2 Å². The molecule has 0 saturated heterocycles. The number of hydrogen-bond acceptors (Lipinski definition) is 3. The van der Waals surface area contributed by atoms with Gasteiger partial charge in [-0.2, -0.15) is 0 Å². The molecule has 0 aliphatic rings. The smallest absolute Gasteiger partial charge is 0.258 e. The normalized spacial score (nSPS) is 12.2. The predicted octanol–water partition coefficient (Wildman–Crippen LogP) is 1.51. The predicted molar refractivity (Wildman–Crippen MR) is 70.9 cm³/mol. The Labute approximate surface area is 109 Å². The van der Waals surface area contributed by atoms with Crippen molar-refractivity contribution in [2.24, 2.45) is 11.5 Å². The Morgan fingerprint density at radius 3 is 2.71 bits per heavy atom. The van der Waals surface area contributed by atoms with Crippen molar-refractivity contribution in [3.05, 3.63) is 27.7 Å². The summed E-state index contributed by atoms with van der Waals surface area (Å²) < 4.78 is 6.56. The summed E-state index contributed by atoms with van der Waals surface area (Å²) in [6, 6.07) is 3.88. The zero-order valence-corrected chi connectivity index (χ0v) is 11.6. The Hall–Kier alpha value is -1.07. The molecule has 5 heteroatoms. The molecule has 0 fully saturated rings. The zero-order valence-electron chi connectivity index (χ0n) is 10.00. The molecule has 0 spiro atoms. The molecule has 94 valence electrons. The van der Waals surface area contributed by atoms with Gasteiger partial charge in [0.1, 0.15) is 5.75 Å². The largest absolute Gasteiger partial charge is 0.480 e. The van der Waals surface area contributed by atoms with Gasteiger partial charge in [-0.15, -0.1) is 0 Å². The van der Waals surface area contributed by atoms with Gasteiger partial charge in [0.2, 0.25) is 0 Å². The Morgan fingerprint density at radius 2 is 2.18 bits per heavy atom. The molecule has 0 aliphatic carbocycles. The van der Waals surface area contributed by atoms with Crippen LogP contribution in [0.3, 0.4) is 0 Å². The van der Waals surface area contributed by atoms with Crippen LogP contribution < -0.4 is 16.2 Å². The molecule has 0 heterocycles. The molecular formula is C12H17BrN2O2. The van der Waals surface area contributed by atoms with Crippen LogP contribution in [0.2, 0.25) is 0 Å². The average molecular weight is 301 g/mol. The van der Waals surface area contributed by atoms with Gasteiger partial charge in [-0.25, -0.2) is 0 Å². The second-order valence-corrected chi connectivity index (χ2v) is 4.83. The Balaban J connectivity index is 3.07. The summed E-state index contributed by atoms with van der Waals surface area (Å²) in [5, 5.41) is 0. The van der Waals surface area contributed by atoms with Crippen molar-refractivity contribution in [2.75, 3.05) is 6.54 Å². The van der Waals surface area contributed by atoms with Crippen molar-refractivity contribution < 1.29 is 9.53 Å². The van der Waals surface area contributed by atoms with E-state index in [0.29, 0.717) is 18.7 Å². The van der Waals surface area contributed by atoms with Gasteiger partial charge in [0.15, 0.2) is 6.10 Å². The lowest BCUT2D eigenvalue weighted by atomic mass is 10.1. The maximum Gasteiger partial charge on any atom is 0.258 e. The van der Waals surface area contributed by atoms with Crippen molar-refractivity contribution in [1.82, 2.24) is 0 Å². The molecule has 1 unspecified atom stereocenters. The van der Waals surface area contributed by atoms with Crippen molar-refractivity contribution >= 4 is 21.8 Å². The topological polar surface area (TPSA) is 78.3 Å². The minimum absolute atomic E-state index is 0.481. The first-order valence-electron chi connectivity index (χ1n) is 5.40. The Bertz CT molecular complexity index is 421. The molecule has 1 rings (SSSR count). The van der Waals surface area contributed by atoms with Crippen LogP contribution in [0.4, 0.5) is 0 Å². The van der Waals surface area contributed by atoms with Gasteiger partial charge in [0, 0.05) is 4.47 Å². The summed E-state index contributed by atoms with van der Waals surface area (Å²) in [5.74, 6) is 0.218. The molecular weight excluding hydrogens is 284 g/mol. The van der Waals surface area contributed by atoms with E-state index in [-0.39, 0.29) is 0 Å². The molecule has 4 nitrogen and oxygen atoms in total. The van der Waals surface area contributed by atoms with Crippen LogP contribution in [0.1, 0.15) is 18.1 Å². The van der Waals surface area contributed by atoms with Gasteiger partial charge in [0.25, 0.3) is 5.91 Å². The van der Waals surface area contributed by atoms with E-state index in [1.165, 1.54) is 0 Å². The van der Waals surface area contributed by atoms with E-state index in [1.807, 2.05) is 19.1 Å². The van der Waals surface area contributed by atoms with E-state index in [1.54, 1.807) is 6.92 Å². The fraction of sp³-hybridized carbons (Fsp3) is 0.417. The van der Waals surface area contributed by atoms with Crippen LogP contribution >= 0.6 is 15.9 Å². The highest BCUT2D eigenvalue weighted by Crippen LogP contribution is 2.29. The highest BCUT2D eigenvalue weighted by Gasteiger charge is 2.15. The number of aryl methyl sites for hydroxylation is 1. The number of rotatable bonds is 5.